The van der Waals surface area contributed by atoms with Gasteiger partial charge in [0, 0.05) is 6.08 Å². The maximum atomic E-state index is 11.9. The summed E-state index contributed by atoms with van der Waals surface area (Å²) in [6.07, 6.45) is 3.58. The van der Waals surface area contributed by atoms with Gasteiger partial charge in [-0.1, -0.05) is 42.0 Å². The third-order valence-electron chi connectivity index (χ3n) is 3.04. The maximum Gasteiger partial charge on any atom is 0.284 e. The van der Waals surface area contributed by atoms with Gasteiger partial charge in [0.2, 0.25) is 5.89 Å². The van der Waals surface area contributed by atoms with Gasteiger partial charge in [-0.3, -0.25) is 4.79 Å². The van der Waals surface area contributed by atoms with E-state index in [1.165, 1.54) is 5.56 Å². The Kier molecular flexibility index (Phi) is 3.17. The van der Waals surface area contributed by atoms with Gasteiger partial charge in [-0.05, 0) is 30.7 Å². The van der Waals surface area contributed by atoms with Gasteiger partial charge in [0.1, 0.15) is 5.58 Å². The second-order valence-electron chi connectivity index (χ2n) is 4.60. The van der Waals surface area contributed by atoms with Gasteiger partial charge in [0.05, 0.1) is 5.39 Å². The Bertz CT molecular complexity index is 829. The van der Waals surface area contributed by atoms with Gasteiger partial charge >= 0.3 is 0 Å². The summed E-state index contributed by atoms with van der Waals surface area (Å²) in [5, 5.41) is 0.500. The molecule has 1 aromatic heterocycles. The van der Waals surface area contributed by atoms with Crippen LogP contribution < -0.4 is 5.56 Å². The zero-order valence-electron chi connectivity index (χ0n) is 11.0. The number of aryl methyl sites for hydroxylation is 1. The molecule has 0 fully saturated rings. The number of benzene rings is 2. The normalized spacial score (nSPS) is 11.2. The zero-order valence-corrected chi connectivity index (χ0v) is 11.0. The van der Waals surface area contributed by atoms with Gasteiger partial charge in [-0.15, -0.1) is 0 Å². The quantitative estimate of drug-likeness (QED) is 0.708. The van der Waals surface area contributed by atoms with E-state index in [0.717, 1.165) is 5.56 Å². The number of fused-ring (bicyclic) bond motifs is 1. The van der Waals surface area contributed by atoms with E-state index in [0.29, 0.717) is 16.9 Å². The Morgan fingerprint density at radius 2 is 1.75 bits per heavy atom. The maximum absolute atomic E-state index is 11.9. The number of hydrogen-bond acceptors (Lipinski definition) is 3. The minimum Gasteiger partial charge on any atom is -0.438 e. The number of nitrogens with zero attached hydrogens (tertiary/aromatic N) is 1. The highest BCUT2D eigenvalue weighted by Gasteiger charge is 2.02. The van der Waals surface area contributed by atoms with Crippen molar-refractivity contribution >= 4 is 23.1 Å². The van der Waals surface area contributed by atoms with Crippen LogP contribution in [0.4, 0.5) is 0 Å². The van der Waals surface area contributed by atoms with Crippen molar-refractivity contribution in [3.05, 3.63) is 75.9 Å². The van der Waals surface area contributed by atoms with Crippen LogP contribution in [-0.2, 0) is 0 Å². The average molecular weight is 263 g/mol. The second-order valence-corrected chi connectivity index (χ2v) is 4.60. The molecule has 3 heteroatoms. The molecule has 0 spiro atoms. The Balaban J connectivity index is 1.98. The molecule has 0 saturated carbocycles. The topological polar surface area (TPSA) is 43.1 Å². The van der Waals surface area contributed by atoms with Gasteiger partial charge in [-0.2, -0.15) is 4.98 Å². The van der Waals surface area contributed by atoms with Crippen LogP contribution >= 0.6 is 0 Å². The standard InChI is InChI=1S/C17H13NO2/c1-12-6-8-13(9-7-12)10-11-16-18-17(19)14-4-2-3-5-15(14)20-16/h2-11H,1H3/b11-10+. The van der Waals surface area contributed by atoms with Crippen LogP contribution in [0.3, 0.4) is 0 Å². The van der Waals surface area contributed by atoms with Crippen molar-refractivity contribution in [2.75, 3.05) is 0 Å². The van der Waals surface area contributed by atoms with Crippen molar-refractivity contribution in [3.63, 3.8) is 0 Å². The predicted octanol–water partition coefficient (Wildman–Crippen LogP) is 3.67. The van der Waals surface area contributed by atoms with Gasteiger partial charge < -0.3 is 4.42 Å². The Hall–Kier alpha value is -2.68. The molecule has 0 bridgehead atoms. The fourth-order valence-corrected chi connectivity index (χ4v) is 1.94. The second kappa shape index (κ2) is 5.13. The van der Waals surface area contributed by atoms with E-state index < -0.39 is 0 Å². The molecule has 3 nitrogen and oxygen atoms in total. The first-order valence-electron chi connectivity index (χ1n) is 6.37. The van der Waals surface area contributed by atoms with Crippen molar-refractivity contribution in [2.24, 2.45) is 0 Å². The van der Waals surface area contributed by atoms with E-state index >= 15 is 0 Å². The lowest BCUT2D eigenvalue weighted by Gasteiger charge is -1.98. The molecule has 0 aliphatic heterocycles. The molecule has 0 saturated heterocycles. The molecule has 0 atom stereocenters. The lowest BCUT2D eigenvalue weighted by molar-refractivity contribution is 0.563. The highest BCUT2D eigenvalue weighted by molar-refractivity contribution is 5.76. The zero-order chi connectivity index (χ0) is 13.9. The number of rotatable bonds is 2. The molecule has 0 aliphatic rings. The molecule has 98 valence electrons. The summed E-state index contributed by atoms with van der Waals surface area (Å²) in [6, 6.07) is 15.2. The van der Waals surface area contributed by atoms with Crippen LogP contribution in [0.15, 0.2) is 57.7 Å². The lowest BCUT2D eigenvalue weighted by Crippen LogP contribution is -2.06. The van der Waals surface area contributed by atoms with E-state index in [2.05, 4.69) is 4.98 Å². The minimum atomic E-state index is -0.268. The van der Waals surface area contributed by atoms with Crippen molar-refractivity contribution in [2.45, 2.75) is 6.92 Å². The Labute approximate surface area is 116 Å². The first-order valence-corrected chi connectivity index (χ1v) is 6.37. The first kappa shape index (κ1) is 12.4. The van der Waals surface area contributed by atoms with Crippen molar-refractivity contribution in [1.82, 2.24) is 4.98 Å². The largest absolute Gasteiger partial charge is 0.438 e. The summed E-state index contributed by atoms with van der Waals surface area (Å²) in [6.45, 7) is 2.04. The number of hydrogen-bond donors (Lipinski definition) is 0. The molecule has 0 unspecified atom stereocenters. The van der Waals surface area contributed by atoms with E-state index in [-0.39, 0.29) is 5.56 Å². The summed E-state index contributed by atoms with van der Waals surface area (Å²) in [7, 11) is 0. The highest BCUT2D eigenvalue weighted by Crippen LogP contribution is 2.12. The van der Waals surface area contributed by atoms with Crippen LogP contribution in [0.25, 0.3) is 23.1 Å². The van der Waals surface area contributed by atoms with E-state index in [9.17, 15) is 4.79 Å². The molecule has 20 heavy (non-hydrogen) atoms. The summed E-state index contributed by atoms with van der Waals surface area (Å²) >= 11 is 0. The summed E-state index contributed by atoms with van der Waals surface area (Å²) < 4.78 is 5.59. The molecule has 0 N–H and O–H groups in total. The van der Waals surface area contributed by atoms with Crippen molar-refractivity contribution in [1.29, 1.82) is 0 Å². The molecule has 2 aromatic carbocycles. The van der Waals surface area contributed by atoms with Crippen LogP contribution in [0.5, 0.6) is 0 Å². The van der Waals surface area contributed by atoms with Crippen molar-refractivity contribution in [3.8, 4) is 0 Å². The van der Waals surface area contributed by atoms with Crippen LogP contribution in [0.2, 0.25) is 0 Å². The number of para-hydroxylation sites is 1. The highest BCUT2D eigenvalue weighted by atomic mass is 16.3. The van der Waals surface area contributed by atoms with Crippen LogP contribution in [-0.4, -0.2) is 4.98 Å². The van der Waals surface area contributed by atoms with Gasteiger partial charge in [0.25, 0.3) is 5.56 Å². The smallest absolute Gasteiger partial charge is 0.284 e. The molecule has 0 amide bonds. The SMILES string of the molecule is Cc1ccc(/C=C/c2nc(=O)c3ccccc3o2)cc1. The molecule has 0 radical (unpaired) electrons. The monoisotopic (exact) mass is 263 g/mol. The van der Waals surface area contributed by atoms with E-state index in [1.807, 2.05) is 43.3 Å². The third kappa shape index (κ3) is 2.52. The minimum absolute atomic E-state index is 0.268. The predicted molar refractivity (Wildman–Crippen MR) is 80.4 cm³/mol. The number of aromatic nitrogens is 1. The Morgan fingerprint density at radius 1 is 1.00 bits per heavy atom. The summed E-state index contributed by atoms with van der Waals surface area (Å²) in [4.78, 5) is 15.8. The molecule has 3 rings (SSSR count). The summed E-state index contributed by atoms with van der Waals surface area (Å²) in [5.74, 6) is 0.314. The first-order chi connectivity index (χ1) is 9.72. The Morgan fingerprint density at radius 3 is 2.55 bits per heavy atom. The molecule has 0 aliphatic carbocycles. The van der Waals surface area contributed by atoms with Crippen LogP contribution in [0.1, 0.15) is 17.0 Å². The lowest BCUT2D eigenvalue weighted by atomic mass is 10.1. The molecule has 1 heterocycles. The van der Waals surface area contributed by atoms with Gasteiger partial charge in [-0.25, -0.2) is 0 Å². The van der Waals surface area contributed by atoms with Gasteiger partial charge in [0.15, 0.2) is 0 Å². The average Bonchev–Trinajstić information content (AvgIpc) is 2.47. The van der Waals surface area contributed by atoms with E-state index in [4.69, 9.17) is 4.42 Å². The van der Waals surface area contributed by atoms with Crippen molar-refractivity contribution < 1.29 is 4.42 Å². The fraction of sp³-hybridized carbons (Fsp3) is 0.0588. The summed E-state index contributed by atoms with van der Waals surface area (Å²) in [5.41, 5.74) is 2.53. The fourth-order valence-electron chi connectivity index (χ4n) is 1.94. The molecule has 3 aromatic rings. The third-order valence-corrected chi connectivity index (χ3v) is 3.04. The molecular weight excluding hydrogens is 250 g/mol. The molecular formula is C17H13NO2. The van der Waals surface area contributed by atoms with E-state index in [1.54, 1.807) is 24.3 Å². The van der Waals surface area contributed by atoms with Crippen LogP contribution in [0, 0.1) is 6.92 Å².